The molecule has 28 heavy (non-hydrogen) atoms. The van der Waals surface area contributed by atoms with Crippen LogP contribution >= 0.6 is 15.9 Å². The summed E-state index contributed by atoms with van der Waals surface area (Å²) in [5, 5.41) is 12.0. The van der Waals surface area contributed by atoms with Gasteiger partial charge >= 0.3 is 0 Å². The lowest BCUT2D eigenvalue weighted by atomic mass is 9.80. The van der Waals surface area contributed by atoms with E-state index in [0.29, 0.717) is 17.1 Å². The van der Waals surface area contributed by atoms with Gasteiger partial charge in [0.05, 0.1) is 0 Å². The Morgan fingerprint density at radius 3 is 1.82 bits per heavy atom. The number of para-hydroxylation sites is 1. The van der Waals surface area contributed by atoms with Crippen molar-refractivity contribution in [3.63, 3.8) is 0 Å². The fourth-order valence-electron chi connectivity index (χ4n) is 3.35. The molecule has 0 amide bonds. The van der Waals surface area contributed by atoms with E-state index in [-0.39, 0.29) is 0 Å². The van der Waals surface area contributed by atoms with Crippen molar-refractivity contribution in [1.82, 2.24) is 0 Å². The van der Waals surface area contributed by atoms with Crippen molar-refractivity contribution in [2.45, 2.75) is 5.60 Å². The van der Waals surface area contributed by atoms with E-state index in [2.05, 4.69) is 15.9 Å². The fraction of sp³-hybridized carbons (Fsp3) is 0.0400. The normalized spacial score (nSPS) is 11.2. The van der Waals surface area contributed by atoms with Crippen LogP contribution in [0.4, 0.5) is 0 Å². The van der Waals surface area contributed by atoms with E-state index in [1.165, 1.54) is 0 Å². The molecule has 0 saturated carbocycles. The third-order valence-electron chi connectivity index (χ3n) is 4.68. The fourth-order valence-corrected chi connectivity index (χ4v) is 3.73. The molecule has 0 aliphatic rings. The molecular formula is C25H19BrO2. The number of benzene rings is 4. The number of aliphatic hydroxyl groups is 1. The van der Waals surface area contributed by atoms with E-state index in [1.54, 1.807) is 0 Å². The maximum atomic E-state index is 12.0. The van der Waals surface area contributed by atoms with Gasteiger partial charge in [0, 0.05) is 10.0 Å². The van der Waals surface area contributed by atoms with Crippen molar-refractivity contribution in [3.8, 4) is 11.5 Å². The van der Waals surface area contributed by atoms with Gasteiger partial charge in [-0.25, -0.2) is 0 Å². The maximum Gasteiger partial charge on any atom is 0.144 e. The summed E-state index contributed by atoms with van der Waals surface area (Å²) in [4.78, 5) is 0. The van der Waals surface area contributed by atoms with E-state index in [1.807, 2.05) is 109 Å². The van der Waals surface area contributed by atoms with Gasteiger partial charge in [0.25, 0.3) is 0 Å². The first-order chi connectivity index (χ1) is 13.7. The minimum absolute atomic E-state index is 0.607. The molecular weight excluding hydrogens is 412 g/mol. The zero-order valence-electron chi connectivity index (χ0n) is 15.1. The van der Waals surface area contributed by atoms with Gasteiger partial charge in [0.1, 0.15) is 17.1 Å². The van der Waals surface area contributed by atoms with E-state index in [9.17, 15) is 5.11 Å². The van der Waals surface area contributed by atoms with Crippen LogP contribution in [0.25, 0.3) is 0 Å². The third-order valence-corrected chi connectivity index (χ3v) is 5.18. The SMILES string of the molecule is OC(c1ccccc1)(c1ccccc1)c1ccccc1Oc1cccc(Br)c1. The Morgan fingerprint density at radius 2 is 1.21 bits per heavy atom. The minimum atomic E-state index is -1.34. The van der Waals surface area contributed by atoms with Crippen LogP contribution in [-0.4, -0.2) is 5.11 Å². The first-order valence-corrected chi connectivity index (χ1v) is 9.83. The van der Waals surface area contributed by atoms with Crippen LogP contribution in [-0.2, 0) is 5.60 Å². The number of hydrogen-bond acceptors (Lipinski definition) is 2. The molecule has 0 atom stereocenters. The molecule has 0 fully saturated rings. The maximum absolute atomic E-state index is 12.0. The largest absolute Gasteiger partial charge is 0.457 e. The molecule has 0 aromatic heterocycles. The number of ether oxygens (including phenoxy) is 1. The number of rotatable bonds is 5. The summed E-state index contributed by atoms with van der Waals surface area (Å²) in [6.45, 7) is 0. The molecule has 138 valence electrons. The lowest BCUT2D eigenvalue weighted by Crippen LogP contribution is -2.29. The zero-order chi connectivity index (χ0) is 19.4. The highest BCUT2D eigenvalue weighted by Crippen LogP contribution is 2.42. The van der Waals surface area contributed by atoms with Crippen LogP contribution in [0, 0.1) is 0 Å². The van der Waals surface area contributed by atoms with Crippen molar-refractivity contribution in [3.05, 3.63) is 130 Å². The Balaban J connectivity index is 1.89. The van der Waals surface area contributed by atoms with E-state index in [0.717, 1.165) is 15.6 Å². The van der Waals surface area contributed by atoms with Crippen molar-refractivity contribution in [2.75, 3.05) is 0 Å². The smallest absolute Gasteiger partial charge is 0.144 e. The van der Waals surface area contributed by atoms with Crippen LogP contribution in [0.5, 0.6) is 11.5 Å². The topological polar surface area (TPSA) is 29.5 Å². The Bertz CT molecular complexity index is 1020. The Kier molecular flexibility index (Phi) is 5.29. The molecule has 4 rings (SSSR count). The second-order valence-corrected chi connectivity index (χ2v) is 7.41. The van der Waals surface area contributed by atoms with E-state index in [4.69, 9.17) is 4.74 Å². The highest BCUT2D eigenvalue weighted by molar-refractivity contribution is 9.10. The molecule has 0 spiro atoms. The molecule has 0 heterocycles. The molecule has 4 aromatic rings. The van der Waals surface area contributed by atoms with Gasteiger partial charge in [-0.2, -0.15) is 0 Å². The molecule has 0 saturated heterocycles. The summed E-state index contributed by atoms with van der Waals surface area (Å²) < 4.78 is 7.12. The molecule has 2 nitrogen and oxygen atoms in total. The van der Waals surface area contributed by atoms with Crippen LogP contribution in [0.3, 0.4) is 0 Å². The molecule has 1 N–H and O–H groups in total. The summed E-state index contributed by atoms with van der Waals surface area (Å²) in [6.07, 6.45) is 0. The van der Waals surface area contributed by atoms with E-state index < -0.39 is 5.60 Å². The van der Waals surface area contributed by atoms with Gasteiger partial charge in [0.15, 0.2) is 0 Å². The highest BCUT2D eigenvalue weighted by Gasteiger charge is 2.36. The molecule has 0 aliphatic heterocycles. The first-order valence-electron chi connectivity index (χ1n) is 9.04. The Hall–Kier alpha value is -2.88. The van der Waals surface area contributed by atoms with Crippen molar-refractivity contribution in [1.29, 1.82) is 0 Å². The van der Waals surface area contributed by atoms with E-state index >= 15 is 0 Å². The average Bonchev–Trinajstić information content (AvgIpc) is 2.75. The highest BCUT2D eigenvalue weighted by atomic mass is 79.9. The molecule has 3 heteroatoms. The number of halogens is 1. The predicted molar refractivity (Wildman–Crippen MR) is 116 cm³/mol. The Labute approximate surface area is 173 Å². The van der Waals surface area contributed by atoms with Gasteiger partial charge in [0.2, 0.25) is 0 Å². The average molecular weight is 431 g/mol. The van der Waals surface area contributed by atoms with Crippen LogP contribution in [0.15, 0.2) is 114 Å². The zero-order valence-corrected chi connectivity index (χ0v) is 16.7. The summed E-state index contributed by atoms with van der Waals surface area (Å²) in [7, 11) is 0. The molecule has 0 unspecified atom stereocenters. The van der Waals surface area contributed by atoms with Gasteiger partial charge < -0.3 is 9.84 Å². The summed E-state index contributed by atoms with van der Waals surface area (Å²) in [6, 6.07) is 34.6. The first kappa shape index (κ1) is 18.5. The lowest BCUT2D eigenvalue weighted by Gasteiger charge is -2.31. The standard InChI is InChI=1S/C25H19BrO2/c26-21-14-9-15-22(18-21)28-24-17-8-7-16-23(24)25(27,19-10-3-1-4-11-19)20-12-5-2-6-13-20/h1-18,27H. The predicted octanol–water partition coefficient (Wildman–Crippen LogP) is 6.53. The van der Waals surface area contributed by atoms with Crippen molar-refractivity contribution < 1.29 is 9.84 Å². The van der Waals surface area contributed by atoms with Crippen molar-refractivity contribution in [2.24, 2.45) is 0 Å². The molecule has 4 aromatic carbocycles. The van der Waals surface area contributed by atoms with Crippen LogP contribution < -0.4 is 4.74 Å². The second-order valence-electron chi connectivity index (χ2n) is 6.50. The molecule has 0 aliphatic carbocycles. The van der Waals surface area contributed by atoms with Gasteiger partial charge in [-0.05, 0) is 35.4 Å². The van der Waals surface area contributed by atoms with Crippen molar-refractivity contribution >= 4 is 15.9 Å². The lowest BCUT2D eigenvalue weighted by molar-refractivity contribution is 0.123. The summed E-state index contributed by atoms with van der Waals surface area (Å²) in [5.74, 6) is 1.31. The van der Waals surface area contributed by atoms with Crippen LogP contribution in [0.1, 0.15) is 16.7 Å². The molecule has 0 radical (unpaired) electrons. The second kappa shape index (κ2) is 8.01. The quantitative estimate of drug-likeness (QED) is 0.364. The monoisotopic (exact) mass is 430 g/mol. The van der Waals surface area contributed by atoms with Gasteiger partial charge in [-0.15, -0.1) is 0 Å². The number of hydrogen-bond donors (Lipinski definition) is 1. The summed E-state index contributed by atoms with van der Waals surface area (Å²) in [5.41, 5.74) is 0.913. The summed E-state index contributed by atoms with van der Waals surface area (Å²) >= 11 is 3.48. The van der Waals surface area contributed by atoms with Gasteiger partial charge in [-0.3, -0.25) is 0 Å². The third kappa shape index (κ3) is 3.59. The van der Waals surface area contributed by atoms with Crippen LogP contribution in [0.2, 0.25) is 0 Å². The Morgan fingerprint density at radius 1 is 0.643 bits per heavy atom. The minimum Gasteiger partial charge on any atom is -0.457 e. The van der Waals surface area contributed by atoms with Gasteiger partial charge in [-0.1, -0.05) is 101 Å². The molecule has 0 bridgehead atoms.